The largest absolute Gasteiger partial charge is 0.480 e. The van der Waals surface area contributed by atoms with Crippen LogP contribution in [-0.2, 0) is 6.54 Å². The molecule has 0 unspecified atom stereocenters. The molecule has 148 valence electrons. The number of aromatic nitrogens is 5. The second-order valence-corrected chi connectivity index (χ2v) is 7.75. The van der Waals surface area contributed by atoms with Gasteiger partial charge in [0.25, 0.3) is 0 Å². The highest BCUT2D eigenvalue weighted by Crippen LogP contribution is 2.32. The van der Waals surface area contributed by atoms with Gasteiger partial charge < -0.3 is 9.84 Å². The van der Waals surface area contributed by atoms with Gasteiger partial charge in [0.15, 0.2) is 0 Å². The highest BCUT2D eigenvalue weighted by atomic mass is 16.5. The number of hydrogen-bond donors (Lipinski definition) is 1. The number of aryl methyl sites for hydroxylation is 1. The predicted octanol–water partition coefficient (Wildman–Crippen LogP) is 3.64. The molecule has 0 radical (unpaired) electrons. The minimum atomic E-state index is -0.838. The SMILES string of the molecule is COc1cc2ccc(-c3nc(C)ccc3-c3cnn(CC(C)(C)O)c3)cc2nn1. The van der Waals surface area contributed by atoms with Crippen molar-refractivity contribution in [3.63, 3.8) is 0 Å². The number of hydrogen-bond acceptors (Lipinski definition) is 6. The van der Waals surface area contributed by atoms with E-state index in [0.29, 0.717) is 12.4 Å². The van der Waals surface area contributed by atoms with Gasteiger partial charge in [-0.3, -0.25) is 9.67 Å². The quantitative estimate of drug-likeness (QED) is 0.561. The van der Waals surface area contributed by atoms with Gasteiger partial charge in [0, 0.05) is 40.0 Å². The highest BCUT2D eigenvalue weighted by Gasteiger charge is 2.16. The summed E-state index contributed by atoms with van der Waals surface area (Å²) in [5, 5.41) is 23.7. The van der Waals surface area contributed by atoms with Crippen molar-refractivity contribution in [1.29, 1.82) is 0 Å². The number of pyridine rings is 1. The van der Waals surface area contributed by atoms with Gasteiger partial charge in [-0.25, -0.2) is 0 Å². The van der Waals surface area contributed by atoms with E-state index in [1.54, 1.807) is 31.8 Å². The van der Waals surface area contributed by atoms with Crippen LogP contribution in [-0.4, -0.2) is 42.8 Å². The average molecular weight is 389 g/mol. The van der Waals surface area contributed by atoms with Gasteiger partial charge in [0.05, 0.1) is 36.7 Å². The third-order valence-electron chi connectivity index (χ3n) is 4.58. The molecular weight excluding hydrogens is 366 g/mol. The van der Waals surface area contributed by atoms with Crippen LogP contribution in [0.15, 0.2) is 48.8 Å². The van der Waals surface area contributed by atoms with E-state index in [-0.39, 0.29) is 0 Å². The lowest BCUT2D eigenvalue weighted by molar-refractivity contribution is 0.0577. The molecule has 7 heteroatoms. The van der Waals surface area contributed by atoms with Crippen LogP contribution in [0.4, 0.5) is 0 Å². The number of ether oxygens (including phenoxy) is 1. The number of aliphatic hydroxyl groups is 1. The molecule has 1 N–H and O–H groups in total. The number of methoxy groups -OCH3 is 1. The van der Waals surface area contributed by atoms with Gasteiger partial charge in [-0.05, 0) is 32.9 Å². The van der Waals surface area contributed by atoms with Crippen LogP contribution in [0.2, 0.25) is 0 Å². The van der Waals surface area contributed by atoms with E-state index < -0.39 is 5.60 Å². The van der Waals surface area contributed by atoms with Crippen molar-refractivity contribution in [3.8, 4) is 28.3 Å². The second kappa shape index (κ2) is 7.25. The molecule has 0 spiro atoms. The summed E-state index contributed by atoms with van der Waals surface area (Å²) in [6.07, 6.45) is 3.73. The molecule has 0 aliphatic carbocycles. The third kappa shape index (κ3) is 4.09. The Hall–Kier alpha value is -3.32. The fraction of sp³-hybridized carbons (Fsp3) is 0.273. The first-order valence-electron chi connectivity index (χ1n) is 9.37. The van der Waals surface area contributed by atoms with Gasteiger partial charge in [-0.1, -0.05) is 18.2 Å². The van der Waals surface area contributed by atoms with Gasteiger partial charge >= 0.3 is 0 Å². The zero-order valence-electron chi connectivity index (χ0n) is 16.9. The molecule has 29 heavy (non-hydrogen) atoms. The molecule has 0 bridgehead atoms. The number of fused-ring (bicyclic) bond motifs is 1. The highest BCUT2D eigenvalue weighted by molar-refractivity contribution is 5.88. The fourth-order valence-corrected chi connectivity index (χ4v) is 3.26. The second-order valence-electron chi connectivity index (χ2n) is 7.75. The molecule has 7 nitrogen and oxygen atoms in total. The average Bonchev–Trinajstić information content (AvgIpc) is 3.13. The van der Waals surface area contributed by atoms with E-state index in [9.17, 15) is 5.11 Å². The van der Waals surface area contributed by atoms with E-state index in [2.05, 4.69) is 15.3 Å². The summed E-state index contributed by atoms with van der Waals surface area (Å²) >= 11 is 0. The van der Waals surface area contributed by atoms with E-state index in [0.717, 1.165) is 39.0 Å². The monoisotopic (exact) mass is 389 g/mol. The molecule has 3 heterocycles. The van der Waals surface area contributed by atoms with E-state index >= 15 is 0 Å². The Bertz CT molecular complexity index is 1180. The van der Waals surface area contributed by atoms with Crippen LogP contribution < -0.4 is 4.74 Å². The number of benzene rings is 1. The minimum Gasteiger partial charge on any atom is -0.480 e. The zero-order valence-corrected chi connectivity index (χ0v) is 16.9. The van der Waals surface area contributed by atoms with Crippen molar-refractivity contribution in [2.45, 2.75) is 32.9 Å². The van der Waals surface area contributed by atoms with Crippen molar-refractivity contribution >= 4 is 10.9 Å². The molecule has 0 fully saturated rings. The van der Waals surface area contributed by atoms with Crippen LogP contribution in [0.1, 0.15) is 19.5 Å². The lowest BCUT2D eigenvalue weighted by Crippen LogP contribution is -2.26. The first-order valence-corrected chi connectivity index (χ1v) is 9.37. The number of nitrogens with zero attached hydrogens (tertiary/aromatic N) is 5. The van der Waals surface area contributed by atoms with Crippen molar-refractivity contribution in [2.24, 2.45) is 0 Å². The van der Waals surface area contributed by atoms with Crippen LogP contribution in [0.5, 0.6) is 5.88 Å². The maximum Gasteiger partial charge on any atom is 0.233 e. The van der Waals surface area contributed by atoms with Crippen molar-refractivity contribution in [2.75, 3.05) is 7.11 Å². The van der Waals surface area contributed by atoms with Crippen LogP contribution in [0, 0.1) is 6.92 Å². The standard InChI is InChI=1S/C22H23N5O2/c1-14-5-8-18(17-11-23-27(12-17)13-22(2,3)28)21(24-14)16-7-6-15-10-20(29-4)26-25-19(15)9-16/h5-12,28H,13H2,1-4H3. The molecular formula is C22H23N5O2. The van der Waals surface area contributed by atoms with Crippen LogP contribution in [0.3, 0.4) is 0 Å². The van der Waals surface area contributed by atoms with Crippen molar-refractivity contribution < 1.29 is 9.84 Å². The summed E-state index contributed by atoms with van der Waals surface area (Å²) in [5.74, 6) is 0.485. The predicted molar refractivity (Wildman–Crippen MR) is 112 cm³/mol. The Kier molecular flexibility index (Phi) is 4.76. The lowest BCUT2D eigenvalue weighted by Gasteiger charge is -2.16. The van der Waals surface area contributed by atoms with E-state index in [4.69, 9.17) is 9.72 Å². The summed E-state index contributed by atoms with van der Waals surface area (Å²) < 4.78 is 6.90. The van der Waals surface area contributed by atoms with Crippen molar-refractivity contribution in [1.82, 2.24) is 25.0 Å². The first kappa shape index (κ1) is 19.0. The number of rotatable bonds is 5. The minimum absolute atomic E-state index is 0.412. The van der Waals surface area contributed by atoms with Gasteiger partial charge in [0.2, 0.25) is 5.88 Å². The lowest BCUT2D eigenvalue weighted by atomic mass is 10.00. The molecule has 0 saturated heterocycles. The van der Waals surface area contributed by atoms with Gasteiger partial charge in [0.1, 0.15) is 0 Å². The van der Waals surface area contributed by atoms with Gasteiger partial charge in [-0.15, -0.1) is 10.2 Å². The summed E-state index contributed by atoms with van der Waals surface area (Å²) in [7, 11) is 1.57. The first-order chi connectivity index (χ1) is 13.8. The molecule has 0 aliphatic heterocycles. The summed E-state index contributed by atoms with van der Waals surface area (Å²) in [6, 6.07) is 11.9. The molecule has 4 aromatic rings. The van der Waals surface area contributed by atoms with E-state index in [1.807, 2.05) is 49.5 Å². The normalized spacial score (nSPS) is 11.8. The summed E-state index contributed by atoms with van der Waals surface area (Å²) in [6.45, 7) is 5.91. The van der Waals surface area contributed by atoms with Crippen LogP contribution >= 0.6 is 0 Å². The summed E-state index contributed by atoms with van der Waals surface area (Å²) in [4.78, 5) is 4.78. The topological polar surface area (TPSA) is 86.0 Å². The molecule has 0 atom stereocenters. The maximum atomic E-state index is 10.1. The smallest absolute Gasteiger partial charge is 0.233 e. The molecule has 3 aromatic heterocycles. The molecule has 0 amide bonds. The molecule has 4 rings (SSSR count). The Balaban J connectivity index is 1.79. The maximum absolute atomic E-state index is 10.1. The molecule has 0 aliphatic rings. The molecule has 0 saturated carbocycles. The Labute approximate surface area is 169 Å². The zero-order chi connectivity index (χ0) is 20.6. The van der Waals surface area contributed by atoms with Crippen LogP contribution in [0.25, 0.3) is 33.3 Å². The van der Waals surface area contributed by atoms with Crippen molar-refractivity contribution in [3.05, 3.63) is 54.5 Å². The van der Waals surface area contributed by atoms with Gasteiger partial charge in [-0.2, -0.15) is 5.10 Å². The summed E-state index contributed by atoms with van der Waals surface area (Å²) in [5.41, 5.74) is 4.58. The fourth-order valence-electron chi connectivity index (χ4n) is 3.26. The molecule has 1 aromatic carbocycles. The Morgan fingerprint density at radius 2 is 1.90 bits per heavy atom. The van der Waals surface area contributed by atoms with E-state index in [1.165, 1.54) is 0 Å². The Morgan fingerprint density at radius 1 is 1.07 bits per heavy atom. The third-order valence-corrected chi connectivity index (χ3v) is 4.58. The Morgan fingerprint density at radius 3 is 2.66 bits per heavy atom.